The number of esters is 1. The summed E-state index contributed by atoms with van der Waals surface area (Å²) in [6, 6.07) is 10.4. The highest BCUT2D eigenvalue weighted by atomic mass is 16.5. The van der Waals surface area contributed by atoms with Crippen LogP contribution in [0.2, 0.25) is 0 Å². The third-order valence-corrected chi connectivity index (χ3v) is 4.11. The Labute approximate surface area is 130 Å². The molecule has 3 rings (SSSR count). The third kappa shape index (κ3) is 2.90. The minimum absolute atomic E-state index is 0.103. The maximum absolute atomic E-state index is 11.7. The Hall–Kier alpha value is -2.14. The lowest BCUT2D eigenvalue weighted by Gasteiger charge is -2.38. The van der Waals surface area contributed by atoms with Gasteiger partial charge < -0.3 is 15.0 Å². The number of hydrogen-bond donors (Lipinski definition) is 1. The molecule has 1 saturated heterocycles. The summed E-state index contributed by atoms with van der Waals surface area (Å²) >= 11 is 0. The molecule has 1 aromatic carbocycles. The Bertz CT molecular complexity index is 687. The van der Waals surface area contributed by atoms with Crippen molar-refractivity contribution in [2.24, 2.45) is 0 Å². The van der Waals surface area contributed by atoms with Crippen LogP contribution in [0.25, 0.3) is 10.9 Å². The summed E-state index contributed by atoms with van der Waals surface area (Å²) in [5.41, 5.74) is 3.13. The number of ether oxygens (including phenoxy) is 1. The number of anilines is 1. The monoisotopic (exact) mass is 299 g/mol. The molecule has 1 atom stereocenters. The number of hydrogen-bond acceptors (Lipinski definition) is 5. The van der Waals surface area contributed by atoms with Gasteiger partial charge in [0.1, 0.15) is 0 Å². The van der Waals surface area contributed by atoms with Gasteiger partial charge in [0.05, 0.1) is 25.1 Å². The van der Waals surface area contributed by atoms with E-state index in [0.29, 0.717) is 6.42 Å². The zero-order valence-electron chi connectivity index (χ0n) is 13.0. The molecule has 1 aliphatic rings. The van der Waals surface area contributed by atoms with E-state index < -0.39 is 0 Å². The van der Waals surface area contributed by atoms with Gasteiger partial charge in [-0.2, -0.15) is 0 Å². The number of nitrogens with zero attached hydrogens (tertiary/aromatic N) is 2. The predicted molar refractivity (Wildman–Crippen MR) is 87.1 cm³/mol. The normalized spacial score (nSPS) is 18.5. The summed E-state index contributed by atoms with van der Waals surface area (Å²) in [6.07, 6.45) is 0.388. The Morgan fingerprint density at radius 2 is 2.27 bits per heavy atom. The second kappa shape index (κ2) is 6.32. The highest BCUT2D eigenvalue weighted by Crippen LogP contribution is 2.29. The van der Waals surface area contributed by atoms with Crippen LogP contribution in [0.3, 0.4) is 0 Å². The molecule has 1 unspecified atom stereocenters. The number of methoxy groups -OCH3 is 1. The van der Waals surface area contributed by atoms with Gasteiger partial charge in [-0.15, -0.1) is 0 Å². The van der Waals surface area contributed by atoms with Gasteiger partial charge in [0.2, 0.25) is 0 Å². The molecule has 1 fully saturated rings. The fourth-order valence-electron chi connectivity index (χ4n) is 3.06. The van der Waals surface area contributed by atoms with Crippen molar-refractivity contribution in [3.8, 4) is 0 Å². The number of aryl methyl sites for hydroxylation is 1. The van der Waals surface area contributed by atoms with Crippen molar-refractivity contribution in [1.82, 2.24) is 10.3 Å². The number of para-hydroxylation sites is 1. The average Bonchev–Trinajstić information content (AvgIpc) is 2.54. The summed E-state index contributed by atoms with van der Waals surface area (Å²) in [5.74, 6) is -0.172. The first kappa shape index (κ1) is 14.8. The van der Waals surface area contributed by atoms with Gasteiger partial charge >= 0.3 is 5.97 Å². The standard InChI is InChI=1S/C17H21N3O2/c1-12-9-16(14-5-3-4-6-15(14)19-12)20-8-7-18-11-13(20)10-17(21)22-2/h3-6,9,13,18H,7-8,10-11H2,1-2H3. The molecule has 1 aliphatic heterocycles. The molecule has 1 N–H and O–H groups in total. The zero-order valence-corrected chi connectivity index (χ0v) is 13.0. The second-order valence-electron chi connectivity index (χ2n) is 5.63. The molecule has 1 aromatic heterocycles. The predicted octanol–water partition coefficient (Wildman–Crippen LogP) is 1.88. The molecule has 0 aliphatic carbocycles. The minimum Gasteiger partial charge on any atom is -0.469 e. The number of rotatable bonds is 3. The van der Waals surface area contributed by atoms with E-state index in [2.05, 4.69) is 27.3 Å². The number of fused-ring (bicyclic) bond motifs is 1. The van der Waals surface area contributed by atoms with E-state index in [1.54, 1.807) is 0 Å². The molecule has 0 amide bonds. The van der Waals surface area contributed by atoms with Crippen molar-refractivity contribution in [1.29, 1.82) is 0 Å². The number of aromatic nitrogens is 1. The molecule has 2 heterocycles. The molecule has 0 saturated carbocycles. The number of benzene rings is 1. The van der Waals surface area contributed by atoms with Crippen LogP contribution in [-0.2, 0) is 9.53 Å². The maximum atomic E-state index is 11.7. The minimum atomic E-state index is -0.172. The van der Waals surface area contributed by atoms with Crippen LogP contribution >= 0.6 is 0 Å². The fraction of sp³-hybridized carbons (Fsp3) is 0.412. The number of pyridine rings is 1. The molecule has 0 bridgehead atoms. The Morgan fingerprint density at radius 1 is 1.45 bits per heavy atom. The SMILES string of the molecule is COC(=O)CC1CNCCN1c1cc(C)nc2ccccc12. The van der Waals surface area contributed by atoms with Crippen molar-refractivity contribution >= 4 is 22.6 Å². The Kier molecular flexibility index (Phi) is 4.24. The summed E-state index contributed by atoms with van der Waals surface area (Å²) in [4.78, 5) is 18.6. The van der Waals surface area contributed by atoms with Gasteiger partial charge in [0.15, 0.2) is 0 Å². The van der Waals surface area contributed by atoms with Gasteiger partial charge in [-0.1, -0.05) is 18.2 Å². The number of carbonyl (C=O) groups is 1. The van der Waals surface area contributed by atoms with Crippen molar-refractivity contribution in [3.63, 3.8) is 0 Å². The largest absolute Gasteiger partial charge is 0.469 e. The first-order chi connectivity index (χ1) is 10.7. The van der Waals surface area contributed by atoms with Crippen molar-refractivity contribution in [2.45, 2.75) is 19.4 Å². The van der Waals surface area contributed by atoms with Gasteiger partial charge in [-0.25, -0.2) is 0 Å². The zero-order chi connectivity index (χ0) is 15.5. The summed E-state index contributed by atoms with van der Waals surface area (Å²) in [6.45, 7) is 4.57. The van der Waals surface area contributed by atoms with Crippen LogP contribution in [0.15, 0.2) is 30.3 Å². The summed E-state index contributed by atoms with van der Waals surface area (Å²) in [5, 5.41) is 4.49. The van der Waals surface area contributed by atoms with Crippen LogP contribution in [0, 0.1) is 6.92 Å². The van der Waals surface area contributed by atoms with Gasteiger partial charge in [0.25, 0.3) is 0 Å². The van der Waals surface area contributed by atoms with Crippen LogP contribution in [-0.4, -0.2) is 43.7 Å². The van der Waals surface area contributed by atoms with Gasteiger partial charge in [-0.05, 0) is 19.1 Å². The van der Waals surface area contributed by atoms with E-state index in [9.17, 15) is 4.79 Å². The lowest BCUT2D eigenvalue weighted by atomic mass is 10.1. The third-order valence-electron chi connectivity index (χ3n) is 4.11. The van der Waals surface area contributed by atoms with Crippen molar-refractivity contribution in [3.05, 3.63) is 36.0 Å². The maximum Gasteiger partial charge on any atom is 0.307 e. The van der Waals surface area contributed by atoms with Crippen LogP contribution < -0.4 is 10.2 Å². The number of carbonyl (C=O) groups excluding carboxylic acids is 1. The molecule has 116 valence electrons. The first-order valence-electron chi connectivity index (χ1n) is 7.59. The average molecular weight is 299 g/mol. The Balaban J connectivity index is 2.01. The lowest BCUT2D eigenvalue weighted by molar-refractivity contribution is -0.141. The van der Waals surface area contributed by atoms with Crippen LogP contribution in [0.5, 0.6) is 0 Å². The van der Waals surface area contributed by atoms with E-state index in [1.807, 2.05) is 25.1 Å². The van der Waals surface area contributed by atoms with E-state index in [4.69, 9.17) is 4.74 Å². The molecule has 2 aromatic rings. The fourth-order valence-corrected chi connectivity index (χ4v) is 3.06. The lowest BCUT2D eigenvalue weighted by Crippen LogP contribution is -2.52. The van der Waals surface area contributed by atoms with E-state index in [-0.39, 0.29) is 12.0 Å². The molecule has 22 heavy (non-hydrogen) atoms. The number of nitrogens with one attached hydrogen (secondary N) is 1. The molecule has 0 radical (unpaired) electrons. The number of piperazine rings is 1. The molecule has 0 spiro atoms. The highest BCUT2D eigenvalue weighted by molar-refractivity contribution is 5.92. The quantitative estimate of drug-likeness (QED) is 0.877. The molecular weight excluding hydrogens is 278 g/mol. The van der Waals surface area contributed by atoms with Crippen molar-refractivity contribution in [2.75, 3.05) is 31.6 Å². The molecular formula is C17H21N3O2. The van der Waals surface area contributed by atoms with E-state index in [1.165, 1.54) is 7.11 Å². The van der Waals surface area contributed by atoms with Crippen LogP contribution in [0.1, 0.15) is 12.1 Å². The summed E-state index contributed by atoms with van der Waals surface area (Å²) in [7, 11) is 1.44. The van der Waals surface area contributed by atoms with E-state index >= 15 is 0 Å². The van der Waals surface area contributed by atoms with E-state index in [0.717, 1.165) is 41.9 Å². The molecule has 5 heteroatoms. The Morgan fingerprint density at radius 3 is 3.09 bits per heavy atom. The first-order valence-corrected chi connectivity index (χ1v) is 7.59. The second-order valence-corrected chi connectivity index (χ2v) is 5.63. The molecule has 5 nitrogen and oxygen atoms in total. The van der Waals surface area contributed by atoms with Gasteiger partial charge in [0, 0.05) is 36.4 Å². The van der Waals surface area contributed by atoms with Crippen molar-refractivity contribution < 1.29 is 9.53 Å². The summed E-state index contributed by atoms with van der Waals surface area (Å²) < 4.78 is 4.84. The smallest absolute Gasteiger partial charge is 0.307 e. The van der Waals surface area contributed by atoms with Gasteiger partial charge in [-0.3, -0.25) is 9.78 Å². The topological polar surface area (TPSA) is 54.5 Å². The van der Waals surface area contributed by atoms with Crippen LogP contribution in [0.4, 0.5) is 5.69 Å². The highest BCUT2D eigenvalue weighted by Gasteiger charge is 2.26.